The Morgan fingerprint density at radius 3 is 2.52 bits per heavy atom. The Kier molecular flexibility index (Phi) is 5.95. The van der Waals surface area contributed by atoms with Gasteiger partial charge in [-0.2, -0.15) is 24.9 Å². The van der Waals surface area contributed by atoms with E-state index in [1.54, 1.807) is 18.8 Å². The number of para-hydroxylation sites is 1. The van der Waals surface area contributed by atoms with Crippen molar-refractivity contribution >= 4 is 23.4 Å². The summed E-state index contributed by atoms with van der Waals surface area (Å²) in [6, 6.07) is 3.37. The number of anilines is 1. The summed E-state index contributed by atoms with van der Waals surface area (Å²) < 4.78 is 38.5. The largest absolute Gasteiger partial charge is 0.418 e. The van der Waals surface area contributed by atoms with E-state index in [9.17, 15) is 18.0 Å². The molecule has 118 valence electrons. The molecule has 0 fully saturated rings. The van der Waals surface area contributed by atoms with Gasteiger partial charge in [0.1, 0.15) is 0 Å². The Labute approximate surface area is 126 Å². The van der Waals surface area contributed by atoms with Crippen molar-refractivity contribution in [3.05, 3.63) is 29.3 Å². The molecule has 0 saturated heterocycles. The molecule has 0 bridgehead atoms. The zero-order valence-corrected chi connectivity index (χ0v) is 13.0. The number of halogens is 3. The molecular weight excluding hydrogens is 301 g/mol. The summed E-state index contributed by atoms with van der Waals surface area (Å²) >= 11 is 1.58. The number of thioether (sulfide) groups is 1. The number of rotatable bonds is 5. The van der Waals surface area contributed by atoms with Gasteiger partial charge in [-0.15, -0.1) is 0 Å². The van der Waals surface area contributed by atoms with E-state index < -0.39 is 23.3 Å². The number of alkyl halides is 3. The van der Waals surface area contributed by atoms with Gasteiger partial charge in [0.05, 0.1) is 16.8 Å². The number of amides is 1. The first kappa shape index (κ1) is 17.7. The van der Waals surface area contributed by atoms with E-state index in [0.29, 0.717) is 0 Å². The minimum Gasteiger partial charge on any atom is -0.398 e. The first-order valence-corrected chi connectivity index (χ1v) is 7.85. The second-order valence-corrected chi connectivity index (χ2v) is 5.61. The average molecular weight is 320 g/mol. The lowest BCUT2D eigenvalue weighted by atomic mass is 10.0. The predicted octanol–water partition coefficient (Wildman–Crippen LogP) is 3.50. The molecule has 0 spiro atoms. The van der Waals surface area contributed by atoms with Crippen LogP contribution in [0.5, 0.6) is 0 Å². The van der Waals surface area contributed by atoms with E-state index in [4.69, 9.17) is 5.73 Å². The van der Waals surface area contributed by atoms with Crippen LogP contribution in [0.25, 0.3) is 0 Å². The van der Waals surface area contributed by atoms with Crippen LogP contribution in [0.3, 0.4) is 0 Å². The Morgan fingerprint density at radius 2 is 2.05 bits per heavy atom. The minimum atomic E-state index is -4.57. The third-order valence-corrected chi connectivity index (χ3v) is 4.06. The second kappa shape index (κ2) is 7.06. The highest BCUT2D eigenvalue weighted by atomic mass is 32.2. The molecule has 0 aliphatic carbocycles. The Hall–Kier alpha value is -1.37. The monoisotopic (exact) mass is 320 g/mol. The zero-order valence-electron chi connectivity index (χ0n) is 12.2. The zero-order chi connectivity index (χ0) is 16.2. The summed E-state index contributed by atoms with van der Waals surface area (Å²) in [6.45, 7) is 1.93. The van der Waals surface area contributed by atoms with Crippen molar-refractivity contribution < 1.29 is 18.0 Å². The van der Waals surface area contributed by atoms with Crippen LogP contribution in [0.2, 0.25) is 0 Å². The molecule has 2 N–H and O–H groups in total. The van der Waals surface area contributed by atoms with E-state index in [1.807, 2.05) is 13.2 Å². The second-order valence-electron chi connectivity index (χ2n) is 4.70. The number of benzene rings is 1. The van der Waals surface area contributed by atoms with Crippen molar-refractivity contribution in [1.29, 1.82) is 0 Å². The fraction of sp³-hybridized carbons (Fsp3) is 0.500. The molecule has 1 unspecified atom stereocenters. The van der Waals surface area contributed by atoms with E-state index in [-0.39, 0.29) is 11.6 Å². The van der Waals surface area contributed by atoms with Crippen molar-refractivity contribution in [3.8, 4) is 0 Å². The lowest BCUT2D eigenvalue weighted by Gasteiger charge is -2.27. The lowest BCUT2D eigenvalue weighted by molar-refractivity contribution is -0.136. The van der Waals surface area contributed by atoms with E-state index >= 15 is 0 Å². The molecule has 3 nitrogen and oxygen atoms in total. The fourth-order valence-corrected chi connectivity index (χ4v) is 2.89. The first-order chi connectivity index (χ1) is 9.73. The maximum Gasteiger partial charge on any atom is 0.418 e. The smallest absolute Gasteiger partial charge is 0.398 e. The molecule has 0 heterocycles. The van der Waals surface area contributed by atoms with E-state index in [2.05, 4.69) is 0 Å². The highest BCUT2D eigenvalue weighted by Crippen LogP contribution is 2.35. The minimum absolute atomic E-state index is 0.0403. The maximum absolute atomic E-state index is 12.8. The third kappa shape index (κ3) is 4.06. The molecule has 21 heavy (non-hydrogen) atoms. The van der Waals surface area contributed by atoms with Crippen LogP contribution in [0.15, 0.2) is 18.2 Å². The maximum atomic E-state index is 12.8. The highest BCUT2D eigenvalue weighted by Gasteiger charge is 2.35. The number of hydrogen-bond donors (Lipinski definition) is 1. The molecule has 0 aliphatic rings. The number of hydrogen-bond acceptors (Lipinski definition) is 3. The van der Waals surface area contributed by atoms with Gasteiger partial charge >= 0.3 is 6.18 Å². The fourth-order valence-electron chi connectivity index (χ4n) is 2.05. The van der Waals surface area contributed by atoms with Crippen LogP contribution < -0.4 is 5.73 Å². The van der Waals surface area contributed by atoms with Crippen LogP contribution in [-0.4, -0.2) is 35.9 Å². The number of nitrogens with zero attached hydrogens (tertiary/aromatic N) is 1. The molecule has 7 heteroatoms. The van der Waals surface area contributed by atoms with Crippen molar-refractivity contribution in [1.82, 2.24) is 4.90 Å². The van der Waals surface area contributed by atoms with Gasteiger partial charge in [0.15, 0.2) is 0 Å². The van der Waals surface area contributed by atoms with Crippen LogP contribution in [-0.2, 0) is 6.18 Å². The van der Waals surface area contributed by atoms with Gasteiger partial charge in [-0.05, 0) is 24.8 Å². The summed E-state index contributed by atoms with van der Waals surface area (Å²) in [4.78, 5) is 13.8. The standard InChI is InChI=1S/C14H19F3N2OS/c1-4-9(8-21-3)19(2)13(20)10-6-5-7-11(12(10)18)14(15,16)17/h5-7,9H,4,8,18H2,1-3H3. The normalized spacial score (nSPS) is 13.0. The van der Waals surface area contributed by atoms with Gasteiger partial charge in [-0.25, -0.2) is 0 Å². The Bertz CT molecular complexity index is 505. The van der Waals surface area contributed by atoms with E-state index in [0.717, 1.165) is 18.2 Å². The first-order valence-electron chi connectivity index (χ1n) is 6.45. The molecule has 0 aromatic heterocycles. The molecule has 0 saturated carbocycles. The lowest BCUT2D eigenvalue weighted by Crippen LogP contribution is -2.38. The SMILES string of the molecule is CCC(CSC)N(C)C(=O)c1cccc(C(F)(F)F)c1N. The summed E-state index contributed by atoms with van der Waals surface area (Å²) in [6.07, 6.45) is -1.93. The van der Waals surface area contributed by atoms with Crippen LogP contribution in [0.1, 0.15) is 29.3 Å². The molecule has 1 atom stereocenters. The topological polar surface area (TPSA) is 46.3 Å². The molecule has 0 aliphatic heterocycles. The van der Waals surface area contributed by atoms with Gasteiger partial charge in [0.2, 0.25) is 0 Å². The average Bonchev–Trinajstić information content (AvgIpc) is 2.42. The number of carbonyl (C=O) groups is 1. The van der Waals surface area contributed by atoms with Crippen molar-refractivity contribution in [2.45, 2.75) is 25.6 Å². The summed E-state index contributed by atoms with van der Waals surface area (Å²) in [5.41, 5.74) is 3.96. The predicted molar refractivity (Wildman–Crippen MR) is 80.4 cm³/mol. The van der Waals surface area contributed by atoms with Crippen LogP contribution in [0, 0.1) is 0 Å². The van der Waals surface area contributed by atoms with Gasteiger partial charge in [-0.3, -0.25) is 4.79 Å². The van der Waals surface area contributed by atoms with Crippen molar-refractivity contribution in [2.24, 2.45) is 0 Å². The molecule has 0 radical (unpaired) electrons. The summed E-state index contributed by atoms with van der Waals surface area (Å²) in [5.74, 6) is 0.233. The van der Waals surface area contributed by atoms with Gasteiger partial charge in [0.25, 0.3) is 5.91 Å². The number of nitrogens with two attached hydrogens (primary N) is 1. The molecule has 1 amide bonds. The number of carbonyl (C=O) groups excluding carboxylic acids is 1. The molecule has 1 rings (SSSR count). The third-order valence-electron chi connectivity index (χ3n) is 3.34. The van der Waals surface area contributed by atoms with Gasteiger partial charge in [0, 0.05) is 18.8 Å². The summed E-state index contributed by atoms with van der Waals surface area (Å²) in [7, 11) is 1.59. The van der Waals surface area contributed by atoms with Gasteiger partial charge < -0.3 is 10.6 Å². The van der Waals surface area contributed by atoms with Crippen LogP contribution >= 0.6 is 11.8 Å². The van der Waals surface area contributed by atoms with Crippen LogP contribution in [0.4, 0.5) is 18.9 Å². The Balaban J connectivity index is 3.13. The molecule has 1 aromatic rings. The summed E-state index contributed by atoms with van der Waals surface area (Å²) in [5, 5.41) is 0. The Morgan fingerprint density at radius 1 is 1.43 bits per heavy atom. The van der Waals surface area contributed by atoms with E-state index in [1.165, 1.54) is 17.0 Å². The highest BCUT2D eigenvalue weighted by molar-refractivity contribution is 7.98. The van der Waals surface area contributed by atoms with Crippen molar-refractivity contribution in [3.63, 3.8) is 0 Å². The number of nitrogen functional groups attached to an aromatic ring is 1. The molecule has 1 aromatic carbocycles. The quantitative estimate of drug-likeness (QED) is 0.845. The van der Waals surface area contributed by atoms with Gasteiger partial charge in [-0.1, -0.05) is 13.0 Å². The molecular formula is C14H19F3N2OS. The van der Waals surface area contributed by atoms with Crippen molar-refractivity contribution in [2.75, 3.05) is 24.8 Å².